The van der Waals surface area contributed by atoms with Gasteiger partial charge in [0.1, 0.15) is 5.82 Å². The number of aromatic nitrogens is 2. The average Bonchev–Trinajstić information content (AvgIpc) is 2.75. The Labute approximate surface area is 174 Å². The molecule has 0 atom stereocenters. The lowest BCUT2D eigenvalue weighted by molar-refractivity contribution is 0.0698. The molecule has 0 bridgehead atoms. The van der Waals surface area contributed by atoms with Crippen LogP contribution in [0.1, 0.15) is 53.0 Å². The average molecular weight is 403 g/mol. The number of rotatable bonds is 5. The molecule has 154 valence electrons. The van der Waals surface area contributed by atoms with Crippen molar-refractivity contribution < 1.29 is 9.90 Å². The number of benzene rings is 2. The summed E-state index contributed by atoms with van der Waals surface area (Å²) < 4.78 is 1.65. The summed E-state index contributed by atoms with van der Waals surface area (Å²) in [7, 11) is 1.78. The highest BCUT2D eigenvalue weighted by molar-refractivity contribution is 5.94. The van der Waals surface area contributed by atoms with E-state index in [1.54, 1.807) is 35.9 Å². The number of nitrogens with zero attached hydrogens (tertiary/aromatic N) is 2. The van der Waals surface area contributed by atoms with Gasteiger partial charge < -0.3 is 10.4 Å². The molecule has 0 unspecified atom stereocenters. The van der Waals surface area contributed by atoms with Crippen LogP contribution < -0.4 is 10.9 Å². The predicted octanol–water partition coefficient (Wildman–Crippen LogP) is 4.51. The van der Waals surface area contributed by atoms with Gasteiger partial charge >= 0.3 is 5.97 Å². The zero-order chi connectivity index (χ0) is 21.3. The topological polar surface area (TPSA) is 84.2 Å². The van der Waals surface area contributed by atoms with Crippen molar-refractivity contribution in [3.05, 3.63) is 75.3 Å². The molecule has 0 spiro atoms. The smallest absolute Gasteiger partial charge is 0.337 e. The molecule has 0 aliphatic heterocycles. The summed E-state index contributed by atoms with van der Waals surface area (Å²) >= 11 is 0. The molecule has 0 fully saturated rings. The number of hydrogen-bond acceptors (Lipinski definition) is 4. The van der Waals surface area contributed by atoms with Gasteiger partial charge in [-0.15, -0.1) is 0 Å². The SMILES string of the molecule is Cc1cc(CNc2ccccc2C(=O)O)c2nc(C3=CCCCC3)n(C)c(=O)c2c1. The number of anilines is 1. The first-order valence-corrected chi connectivity index (χ1v) is 10.2. The lowest BCUT2D eigenvalue weighted by Crippen LogP contribution is -2.23. The van der Waals surface area contributed by atoms with Crippen LogP contribution in [0.25, 0.3) is 16.5 Å². The number of carboxylic acid groups (broad SMARTS) is 1. The molecule has 1 aliphatic rings. The molecule has 0 radical (unpaired) electrons. The van der Waals surface area contributed by atoms with Gasteiger partial charge in [-0.25, -0.2) is 9.78 Å². The van der Waals surface area contributed by atoms with Crippen molar-refractivity contribution in [3.8, 4) is 0 Å². The number of allylic oxidation sites excluding steroid dienone is 2. The first-order valence-electron chi connectivity index (χ1n) is 10.2. The molecule has 0 saturated carbocycles. The van der Waals surface area contributed by atoms with Gasteiger partial charge in [0.05, 0.1) is 16.5 Å². The molecule has 0 saturated heterocycles. The highest BCUT2D eigenvalue weighted by atomic mass is 16.4. The Balaban J connectivity index is 1.80. The number of nitrogens with one attached hydrogen (secondary N) is 1. The highest BCUT2D eigenvalue weighted by Crippen LogP contribution is 2.27. The molecule has 2 aromatic carbocycles. The summed E-state index contributed by atoms with van der Waals surface area (Å²) in [6.45, 7) is 2.33. The number of aromatic carboxylic acids is 1. The summed E-state index contributed by atoms with van der Waals surface area (Å²) in [6, 6.07) is 10.7. The van der Waals surface area contributed by atoms with Crippen molar-refractivity contribution in [3.63, 3.8) is 0 Å². The monoisotopic (exact) mass is 403 g/mol. The molecule has 4 rings (SSSR count). The van der Waals surface area contributed by atoms with Crippen molar-refractivity contribution >= 4 is 28.1 Å². The fourth-order valence-electron chi connectivity index (χ4n) is 4.08. The zero-order valence-corrected chi connectivity index (χ0v) is 17.2. The third-order valence-corrected chi connectivity index (χ3v) is 5.61. The van der Waals surface area contributed by atoms with Crippen molar-refractivity contribution in [1.29, 1.82) is 0 Å². The Bertz CT molecular complexity index is 1220. The number of fused-ring (bicyclic) bond motifs is 1. The van der Waals surface area contributed by atoms with Crippen molar-refractivity contribution in [1.82, 2.24) is 9.55 Å². The normalized spacial score (nSPS) is 13.9. The number of carboxylic acids is 1. The first kappa shape index (κ1) is 19.9. The van der Waals surface area contributed by atoms with Crippen LogP contribution in [0.5, 0.6) is 0 Å². The second kappa shape index (κ2) is 8.14. The molecule has 0 amide bonds. The lowest BCUT2D eigenvalue weighted by atomic mass is 9.98. The molecule has 6 nitrogen and oxygen atoms in total. The van der Waals surface area contributed by atoms with Gasteiger partial charge in [0, 0.05) is 19.3 Å². The maximum atomic E-state index is 13.1. The molecule has 1 aliphatic carbocycles. The Hall–Kier alpha value is -3.41. The molecule has 3 aromatic rings. The van der Waals surface area contributed by atoms with Crippen LogP contribution in [0.4, 0.5) is 5.69 Å². The fraction of sp³-hybridized carbons (Fsp3) is 0.292. The molecule has 6 heteroatoms. The van der Waals surface area contributed by atoms with Gasteiger partial charge in [-0.05, 0) is 67.5 Å². The van der Waals surface area contributed by atoms with Crippen LogP contribution in [0, 0.1) is 6.92 Å². The summed E-state index contributed by atoms with van der Waals surface area (Å²) in [5, 5.41) is 13.2. The number of carbonyl (C=O) groups is 1. The third-order valence-electron chi connectivity index (χ3n) is 5.61. The van der Waals surface area contributed by atoms with E-state index in [0.717, 1.165) is 41.8 Å². The van der Waals surface area contributed by atoms with E-state index < -0.39 is 5.97 Å². The minimum atomic E-state index is -0.981. The predicted molar refractivity (Wildman–Crippen MR) is 119 cm³/mol. The maximum absolute atomic E-state index is 13.1. The van der Waals surface area contributed by atoms with E-state index in [2.05, 4.69) is 11.4 Å². The number of para-hydroxylation sites is 1. The van der Waals surface area contributed by atoms with Crippen molar-refractivity contribution in [2.45, 2.75) is 39.2 Å². The first-order chi connectivity index (χ1) is 14.5. The Morgan fingerprint density at radius 1 is 1.23 bits per heavy atom. The van der Waals surface area contributed by atoms with E-state index in [1.807, 2.05) is 19.1 Å². The zero-order valence-electron chi connectivity index (χ0n) is 17.2. The van der Waals surface area contributed by atoms with E-state index in [0.29, 0.717) is 23.1 Å². The molecular weight excluding hydrogens is 378 g/mol. The largest absolute Gasteiger partial charge is 0.478 e. The highest BCUT2D eigenvalue weighted by Gasteiger charge is 2.17. The van der Waals surface area contributed by atoms with Gasteiger partial charge in [-0.3, -0.25) is 9.36 Å². The second-order valence-corrected chi connectivity index (χ2v) is 7.80. The maximum Gasteiger partial charge on any atom is 0.337 e. The van der Waals surface area contributed by atoms with Crippen LogP contribution in [0.15, 0.2) is 47.3 Å². The summed E-state index contributed by atoms with van der Waals surface area (Å²) in [5.74, 6) is -0.256. The molecule has 1 aromatic heterocycles. The third kappa shape index (κ3) is 3.73. The van der Waals surface area contributed by atoms with E-state index in [4.69, 9.17) is 4.98 Å². The van der Waals surface area contributed by atoms with Crippen LogP contribution in [-0.4, -0.2) is 20.6 Å². The lowest BCUT2D eigenvalue weighted by Gasteiger charge is -2.17. The van der Waals surface area contributed by atoms with Gasteiger partial charge in [-0.2, -0.15) is 0 Å². The Morgan fingerprint density at radius 2 is 2.03 bits per heavy atom. The minimum Gasteiger partial charge on any atom is -0.478 e. The Kier molecular flexibility index (Phi) is 5.40. The van der Waals surface area contributed by atoms with Gasteiger partial charge in [0.2, 0.25) is 0 Å². The molecular formula is C24H25N3O3. The summed E-state index contributed by atoms with van der Waals surface area (Å²) in [5.41, 5.74) is 4.33. The van der Waals surface area contributed by atoms with Gasteiger partial charge in [0.15, 0.2) is 0 Å². The molecule has 2 N–H and O–H groups in total. The second-order valence-electron chi connectivity index (χ2n) is 7.80. The number of hydrogen-bond donors (Lipinski definition) is 2. The fourth-order valence-corrected chi connectivity index (χ4v) is 4.08. The minimum absolute atomic E-state index is 0.0580. The van der Waals surface area contributed by atoms with E-state index >= 15 is 0 Å². The summed E-state index contributed by atoms with van der Waals surface area (Å²) in [6.07, 6.45) is 6.40. The van der Waals surface area contributed by atoms with Crippen LogP contribution in [0.2, 0.25) is 0 Å². The van der Waals surface area contributed by atoms with Crippen molar-refractivity contribution in [2.75, 3.05) is 5.32 Å². The van der Waals surface area contributed by atoms with Crippen LogP contribution >= 0.6 is 0 Å². The molecule has 1 heterocycles. The van der Waals surface area contributed by atoms with Crippen LogP contribution in [0.3, 0.4) is 0 Å². The number of aryl methyl sites for hydroxylation is 1. The Morgan fingerprint density at radius 3 is 2.77 bits per heavy atom. The van der Waals surface area contributed by atoms with E-state index in [9.17, 15) is 14.7 Å². The molecule has 30 heavy (non-hydrogen) atoms. The van der Waals surface area contributed by atoms with Gasteiger partial charge in [-0.1, -0.05) is 24.3 Å². The standard InChI is InChI=1S/C24H25N3O3/c1-15-12-17(14-25-20-11-7-6-10-18(20)24(29)30)21-19(13-15)23(28)27(2)22(26-21)16-8-4-3-5-9-16/h6-8,10-13,25H,3-5,9,14H2,1-2H3,(H,29,30). The summed E-state index contributed by atoms with van der Waals surface area (Å²) in [4.78, 5) is 29.5. The van der Waals surface area contributed by atoms with Gasteiger partial charge in [0.25, 0.3) is 5.56 Å². The van der Waals surface area contributed by atoms with E-state index in [-0.39, 0.29) is 11.1 Å². The van der Waals surface area contributed by atoms with Crippen molar-refractivity contribution in [2.24, 2.45) is 7.05 Å². The van der Waals surface area contributed by atoms with E-state index in [1.165, 1.54) is 6.42 Å². The quantitative estimate of drug-likeness (QED) is 0.655. The van der Waals surface area contributed by atoms with Crippen LogP contribution in [-0.2, 0) is 13.6 Å².